The van der Waals surface area contributed by atoms with Crippen LogP contribution in [0.15, 0.2) is 164 Å². The Balaban J connectivity index is 1.11. The van der Waals surface area contributed by atoms with Gasteiger partial charge in [-0.1, -0.05) is 140 Å². The Morgan fingerprint density at radius 3 is 1.57 bits per heavy atom. The van der Waals surface area contributed by atoms with E-state index in [-0.39, 0.29) is 0 Å². The van der Waals surface area contributed by atoms with Crippen molar-refractivity contribution in [3.63, 3.8) is 0 Å². The van der Waals surface area contributed by atoms with Gasteiger partial charge < -0.3 is 8.97 Å². The quantitative estimate of drug-likeness (QED) is 0.171. The largest absolute Gasteiger partial charge is 0.309 e. The zero-order chi connectivity index (χ0) is 36.2. The molecule has 56 heavy (non-hydrogen) atoms. The van der Waals surface area contributed by atoms with E-state index in [4.69, 9.17) is 15.0 Å². The normalized spacial score (nSPS) is 12.6. The van der Waals surface area contributed by atoms with Crippen LogP contribution in [-0.4, -0.2) is 23.9 Å². The van der Waals surface area contributed by atoms with Gasteiger partial charge in [0.25, 0.3) is 0 Å². The minimum Gasteiger partial charge on any atom is -0.309 e. The van der Waals surface area contributed by atoms with Gasteiger partial charge in [0, 0.05) is 65.2 Å². The van der Waals surface area contributed by atoms with E-state index in [9.17, 15) is 0 Å². The second kappa shape index (κ2) is 10.1. The highest BCUT2D eigenvalue weighted by atomic mass is 15.0. The van der Waals surface area contributed by atoms with Crippen molar-refractivity contribution in [3.8, 4) is 39.9 Å². The molecule has 14 aromatic rings. The Morgan fingerprint density at radius 1 is 0.321 bits per heavy atom. The molecule has 14 rings (SSSR count). The van der Waals surface area contributed by atoms with Gasteiger partial charge >= 0.3 is 0 Å². The van der Waals surface area contributed by atoms with Crippen molar-refractivity contribution in [2.75, 3.05) is 0 Å². The van der Waals surface area contributed by atoms with E-state index >= 15 is 0 Å². The Labute approximate surface area is 318 Å². The fourth-order valence-corrected chi connectivity index (χ4v) is 10.1. The van der Waals surface area contributed by atoms with Gasteiger partial charge in [-0.05, 0) is 40.4 Å². The zero-order valence-corrected chi connectivity index (χ0v) is 29.8. The first-order chi connectivity index (χ1) is 27.8. The average Bonchev–Trinajstić information content (AvgIpc) is 3.88. The highest BCUT2D eigenvalue weighted by molar-refractivity contribution is 6.42. The molecule has 5 aromatic heterocycles. The van der Waals surface area contributed by atoms with Crippen LogP contribution in [0, 0.1) is 0 Å². The lowest BCUT2D eigenvalue weighted by Gasteiger charge is -2.15. The molecule has 9 aromatic carbocycles. The highest BCUT2D eigenvalue weighted by Crippen LogP contribution is 2.51. The monoisotopic (exact) mass is 709 g/mol. The Hall–Kier alpha value is -7.63. The summed E-state index contributed by atoms with van der Waals surface area (Å²) in [6.07, 6.45) is 0. The molecule has 0 radical (unpaired) electrons. The molecule has 5 heteroatoms. The van der Waals surface area contributed by atoms with Gasteiger partial charge in [-0.15, -0.1) is 0 Å². The van der Waals surface area contributed by atoms with Crippen LogP contribution in [0.1, 0.15) is 0 Å². The van der Waals surface area contributed by atoms with Gasteiger partial charge in [0.05, 0.1) is 33.3 Å². The molecule has 0 aliphatic heterocycles. The molecule has 0 saturated heterocycles. The smallest absolute Gasteiger partial charge is 0.164 e. The standard InChI is InChI=1S/C51H27N5/c1-3-10-30(11-4-1)49-52-50(31-12-5-2-6-13-31)54-51(53-49)38-24-26-39(33-15-8-7-14-32(33)38)55-40-25-21-28-18-19-29-20-22-36-34-16-9-17-35-37-23-27-41(55)45-44(40)42(28)43(29)47(36)56(46(34)35)48(37)45/h1-27H. The first kappa shape index (κ1) is 28.8. The van der Waals surface area contributed by atoms with E-state index in [2.05, 4.69) is 136 Å². The molecule has 256 valence electrons. The van der Waals surface area contributed by atoms with Crippen LogP contribution in [0.4, 0.5) is 0 Å². The van der Waals surface area contributed by atoms with Gasteiger partial charge in [-0.25, -0.2) is 15.0 Å². The highest BCUT2D eigenvalue weighted by Gasteiger charge is 2.28. The molecule has 0 bridgehead atoms. The summed E-state index contributed by atoms with van der Waals surface area (Å²) >= 11 is 0. The van der Waals surface area contributed by atoms with Gasteiger partial charge in [-0.3, -0.25) is 0 Å². The lowest BCUT2D eigenvalue weighted by Crippen LogP contribution is -2.01. The summed E-state index contributed by atoms with van der Waals surface area (Å²) in [5.41, 5.74) is 10.4. The van der Waals surface area contributed by atoms with E-state index in [1.54, 1.807) is 0 Å². The van der Waals surface area contributed by atoms with Gasteiger partial charge in [0.15, 0.2) is 17.5 Å². The van der Waals surface area contributed by atoms with Gasteiger partial charge in [0.2, 0.25) is 0 Å². The molecule has 0 fully saturated rings. The van der Waals surface area contributed by atoms with Crippen molar-refractivity contribution in [1.82, 2.24) is 23.9 Å². The van der Waals surface area contributed by atoms with Gasteiger partial charge in [-0.2, -0.15) is 0 Å². The number of benzene rings is 9. The van der Waals surface area contributed by atoms with Crippen molar-refractivity contribution in [1.29, 1.82) is 0 Å². The van der Waals surface area contributed by atoms with Crippen LogP contribution in [-0.2, 0) is 0 Å². The van der Waals surface area contributed by atoms with Crippen molar-refractivity contribution in [3.05, 3.63) is 164 Å². The van der Waals surface area contributed by atoms with E-state index in [1.165, 1.54) is 81.4 Å². The summed E-state index contributed by atoms with van der Waals surface area (Å²) in [7, 11) is 0. The second-order valence-electron chi connectivity index (χ2n) is 15.1. The first-order valence-corrected chi connectivity index (χ1v) is 19.1. The van der Waals surface area contributed by atoms with E-state index < -0.39 is 0 Å². The Morgan fingerprint density at radius 2 is 0.839 bits per heavy atom. The molecule has 0 spiro atoms. The fraction of sp³-hybridized carbons (Fsp3) is 0. The topological polar surface area (TPSA) is 48.0 Å². The van der Waals surface area contributed by atoms with Crippen LogP contribution in [0.2, 0.25) is 0 Å². The SMILES string of the molecule is c1ccc(-c2nc(-c3ccccc3)nc(-c3ccc(-n4c5ccc6ccc7ccc8c9cccc%10c%11ccc4c4c5c6c7c8n(c9%10)c%114)c4ccccc34)n2)cc1. The van der Waals surface area contributed by atoms with Crippen LogP contribution < -0.4 is 0 Å². The number of fused-ring (bicyclic) bond motifs is 3. The minimum atomic E-state index is 0.651. The summed E-state index contributed by atoms with van der Waals surface area (Å²) < 4.78 is 5.10. The number of hydrogen-bond donors (Lipinski definition) is 0. The van der Waals surface area contributed by atoms with Crippen molar-refractivity contribution in [2.45, 2.75) is 0 Å². The molecule has 0 N–H and O–H groups in total. The van der Waals surface area contributed by atoms with Crippen LogP contribution >= 0.6 is 0 Å². The molecular weight excluding hydrogens is 683 g/mol. The van der Waals surface area contributed by atoms with E-state index in [0.29, 0.717) is 17.5 Å². The number of hydrogen-bond acceptors (Lipinski definition) is 3. The van der Waals surface area contributed by atoms with Crippen molar-refractivity contribution in [2.24, 2.45) is 0 Å². The predicted octanol–water partition coefficient (Wildman–Crippen LogP) is 12.9. The minimum absolute atomic E-state index is 0.651. The molecule has 5 heterocycles. The third-order valence-corrected chi connectivity index (χ3v) is 12.4. The molecule has 0 aliphatic rings. The van der Waals surface area contributed by atoms with E-state index in [0.717, 1.165) is 33.2 Å². The summed E-state index contributed by atoms with van der Waals surface area (Å²) in [5, 5.41) is 15.3. The number of rotatable bonds is 4. The Bertz CT molecular complexity index is 3800. The van der Waals surface area contributed by atoms with Crippen molar-refractivity contribution < 1.29 is 0 Å². The Kier molecular flexibility index (Phi) is 5.20. The number of aromatic nitrogens is 5. The maximum Gasteiger partial charge on any atom is 0.164 e. The van der Waals surface area contributed by atoms with E-state index in [1.807, 2.05) is 36.4 Å². The lowest BCUT2D eigenvalue weighted by molar-refractivity contribution is 1.08. The predicted molar refractivity (Wildman–Crippen MR) is 231 cm³/mol. The third-order valence-electron chi connectivity index (χ3n) is 12.4. The second-order valence-corrected chi connectivity index (χ2v) is 15.1. The fourth-order valence-electron chi connectivity index (χ4n) is 10.1. The van der Waals surface area contributed by atoms with Crippen molar-refractivity contribution >= 4 is 92.2 Å². The molecule has 5 nitrogen and oxygen atoms in total. The maximum atomic E-state index is 5.14. The molecule has 0 saturated carbocycles. The van der Waals surface area contributed by atoms with Crippen LogP contribution in [0.25, 0.3) is 132 Å². The van der Waals surface area contributed by atoms with Crippen LogP contribution in [0.3, 0.4) is 0 Å². The zero-order valence-electron chi connectivity index (χ0n) is 29.8. The summed E-state index contributed by atoms with van der Waals surface area (Å²) in [5.74, 6) is 1.96. The first-order valence-electron chi connectivity index (χ1n) is 19.1. The third kappa shape index (κ3) is 3.45. The van der Waals surface area contributed by atoms with Gasteiger partial charge in [0.1, 0.15) is 0 Å². The summed E-state index contributed by atoms with van der Waals surface area (Å²) in [6, 6.07) is 59.0. The summed E-state index contributed by atoms with van der Waals surface area (Å²) in [4.78, 5) is 15.2. The average molecular weight is 710 g/mol. The summed E-state index contributed by atoms with van der Waals surface area (Å²) in [6.45, 7) is 0. The number of para-hydroxylation sites is 1. The molecular formula is C51H27N5. The molecule has 0 unspecified atom stereocenters. The van der Waals surface area contributed by atoms with Crippen LogP contribution in [0.5, 0.6) is 0 Å². The maximum absolute atomic E-state index is 5.14. The molecule has 0 amide bonds. The lowest BCUT2D eigenvalue weighted by atomic mass is 9.96. The number of nitrogens with zero attached hydrogens (tertiary/aromatic N) is 5. The molecule has 0 aliphatic carbocycles. The molecule has 0 atom stereocenters.